The van der Waals surface area contributed by atoms with Gasteiger partial charge in [0.05, 0.1) is 18.9 Å². The van der Waals surface area contributed by atoms with Crippen LogP contribution in [-0.4, -0.2) is 58.3 Å². The van der Waals surface area contributed by atoms with Crippen LogP contribution in [0.3, 0.4) is 0 Å². The smallest absolute Gasteiger partial charge is 0.229 e. The predicted octanol–water partition coefficient (Wildman–Crippen LogP) is 5.10. The molecule has 9 heteroatoms. The van der Waals surface area contributed by atoms with Gasteiger partial charge < -0.3 is 19.9 Å². The van der Waals surface area contributed by atoms with Crippen LogP contribution in [0.2, 0.25) is 0 Å². The summed E-state index contributed by atoms with van der Waals surface area (Å²) in [5.74, 6) is -0.741. The molecule has 2 fully saturated rings. The highest BCUT2D eigenvalue weighted by molar-refractivity contribution is 5.78. The maximum Gasteiger partial charge on any atom is 0.229 e. The number of hydrogen-bond donors (Lipinski definition) is 2. The minimum atomic E-state index is -0.571. The summed E-state index contributed by atoms with van der Waals surface area (Å²) in [5.41, 5.74) is 2.98. The zero-order chi connectivity index (χ0) is 26.5. The highest BCUT2D eigenvalue weighted by atomic mass is 19.1. The number of aromatic nitrogens is 3. The molecule has 0 spiro atoms. The van der Waals surface area contributed by atoms with E-state index in [2.05, 4.69) is 26.7 Å². The number of ether oxygens (including phenoxy) is 1. The van der Waals surface area contributed by atoms with Gasteiger partial charge in [-0.05, 0) is 63.6 Å². The fourth-order valence-electron chi connectivity index (χ4n) is 4.78. The highest BCUT2D eigenvalue weighted by Gasteiger charge is 2.19. The summed E-state index contributed by atoms with van der Waals surface area (Å²) in [4.78, 5) is 11.1. The van der Waals surface area contributed by atoms with Crippen molar-refractivity contribution in [3.63, 3.8) is 0 Å². The maximum absolute atomic E-state index is 15.1. The SMILES string of the molecule is CC(C)=C/C(=C\C=C\[C@H]1CCCN1)Nc1ncc2ccn(-c3cc(F)c(CN4CCOCC4)c(F)c3)c2n1. The Kier molecular flexibility index (Phi) is 8.26. The van der Waals surface area contributed by atoms with Gasteiger partial charge in [-0.25, -0.2) is 13.8 Å². The summed E-state index contributed by atoms with van der Waals surface area (Å²) in [6.07, 6.45) is 14.0. The lowest BCUT2D eigenvalue weighted by atomic mass is 10.1. The van der Waals surface area contributed by atoms with Crippen LogP contribution in [0, 0.1) is 11.6 Å². The first-order chi connectivity index (χ1) is 18.5. The van der Waals surface area contributed by atoms with Crippen molar-refractivity contribution in [3.8, 4) is 5.69 Å². The van der Waals surface area contributed by atoms with Gasteiger partial charge in [0.25, 0.3) is 0 Å². The van der Waals surface area contributed by atoms with Gasteiger partial charge in [-0.3, -0.25) is 4.90 Å². The van der Waals surface area contributed by atoms with Gasteiger partial charge in [0.15, 0.2) is 0 Å². The van der Waals surface area contributed by atoms with E-state index in [1.54, 1.807) is 17.0 Å². The minimum Gasteiger partial charge on any atom is -0.379 e. The van der Waals surface area contributed by atoms with Crippen molar-refractivity contribution in [1.29, 1.82) is 0 Å². The second kappa shape index (κ2) is 12.0. The molecule has 2 aliphatic heterocycles. The Morgan fingerprint density at radius 1 is 1.21 bits per heavy atom. The van der Waals surface area contributed by atoms with Crippen LogP contribution in [0.1, 0.15) is 32.3 Å². The number of morpholine rings is 1. The molecule has 3 aromatic rings. The van der Waals surface area contributed by atoms with Crippen LogP contribution in [0.25, 0.3) is 16.7 Å². The Bertz CT molecular complexity index is 1340. The molecule has 0 bridgehead atoms. The van der Waals surface area contributed by atoms with E-state index in [-0.39, 0.29) is 12.1 Å². The maximum atomic E-state index is 15.1. The van der Waals surface area contributed by atoms with E-state index >= 15 is 8.78 Å². The Balaban J connectivity index is 1.40. The number of hydrogen-bond acceptors (Lipinski definition) is 6. The molecule has 4 heterocycles. The Labute approximate surface area is 221 Å². The quantitative estimate of drug-likeness (QED) is 0.403. The molecule has 0 unspecified atom stereocenters. The van der Waals surface area contributed by atoms with Gasteiger partial charge in [-0.2, -0.15) is 4.98 Å². The number of benzene rings is 1. The minimum absolute atomic E-state index is 0.0708. The standard InChI is InChI=1S/C29H34F2N6O/c1-20(2)15-23(6-3-5-22-7-4-9-32-22)34-29-33-18-21-8-10-37(28(21)35-29)24-16-26(30)25(27(31)17-24)19-36-11-13-38-14-12-36/h3,5-6,8,10,15-18,22,32H,4,7,9,11-14,19H2,1-2H3,(H,33,34,35)/b5-3+,23-6+/t22-/m0/s1. The molecule has 5 rings (SSSR count). The molecule has 1 aromatic carbocycles. The monoisotopic (exact) mass is 520 g/mol. The number of halogens is 2. The van der Waals surface area contributed by atoms with E-state index in [0.29, 0.717) is 49.6 Å². The molecule has 0 amide bonds. The number of allylic oxidation sites excluding steroid dienone is 4. The summed E-state index contributed by atoms with van der Waals surface area (Å²) < 4.78 is 37.2. The average Bonchev–Trinajstić information content (AvgIpc) is 3.56. The molecular formula is C29H34F2N6O. The van der Waals surface area contributed by atoms with Crippen LogP contribution in [0.5, 0.6) is 0 Å². The molecule has 2 aliphatic rings. The summed E-state index contributed by atoms with van der Waals surface area (Å²) in [5, 5.41) is 7.51. The van der Waals surface area contributed by atoms with E-state index < -0.39 is 11.6 Å². The number of fused-ring (bicyclic) bond motifs is 1. The molecule has 0 radical (unpaired) electrons. The second-order valence-corrected chi connectivity index (χ2v) is 9.99. The van der Waals surface area contributed by atoms with E-state index in [4.69, 9.17) is 4.74 Å². The molecule has 1 atom stereocenters. The van der Waals surface area contributed by atoms with Gasteiger partial charge in [0, 0.05) is 54.7 Å². The van der Waals surface area contributed by atoms with Gasteiger partial charge in [-0.15, -0.1) is 0 Å². The van der Waals surface area contributed by atoms with Crippen molar-refractivity contribution in [2.45, 2.75) is 39.3 Å². The van der Waals surface area contributed by atoms with E-state index in [0.717, 1.165) is 29.6 Å². The van der Waals surface area contributed by atoms with E-state index in [1.165, 1.54) is 18.6 Å². The van der Waals surface area contributed by atoms with Crippen molar-refractivity contribution in [2.75, 3.05) is 38.2 Å². The lowest BCUT2D eigenvalue weighted by Gasteiger charge is -2.27. The normalized spacial score (nSPS) is 18.9. The average molecular weight is 521 g/mol. The number of nitrogens with zero attached hydrogens (tertiary/aromatic N) is 4. The van der Waals surface area contributed by atoms with Crippen LogP contribution in [0.15, 0.2) is 66.2 Å². The first-order valence-electron chi connectivity index (χ1n) is 13.1. The van der Waals surface area contributed by atoms with Crippen molar-refractivity contribution in [3.05, 3.63) is 83.4 Å². The third-order valence-electron chi connectivity index (χ3n) is 6.73. The molecule has 0 saturated carbocycles. The Hall–Kier alpha value is -3.40. The summed E-state index contributed by atoms with van der Waals surface area (Å²) in [6, 6.07) is 4.96. The van der Waals surface area contributed by atoms with Crippen molar-refractivity contribution < 1.29 is 13.5 Å². The van der Waals surface area contributed by atoms with Crippen molar-refractivity contribution in [1.82, 2.24) is 24.8 Å². The fourth-order valence-corrected chi connectivity index (χ4v) is 4.78. The van der Waals surface area contributed by atoms with E-state index in [1.807, 2.05) is 43.0 Å². The van der Waals surface area contributed by atoms with Gasteiger partial charge in [0.2, 0.25) is 5.95 Å². The predicted molar refractivity (Wildman–Crippen MR) is 146 cm³/mol. The summed E-state index contributed by atoms with van der Waals surface area (Å²) in [7, 11) is 0. The molecular weight excluding hydrogens is 486 g/mol. The van der Waals surface area contributed by atoms with Gasteiger partial charge in [-0.1, -0.05) is 17.7 Å². The van der Waals surface area contributed by atoms with Crippen LogP contribution in [-0.2, 0) is 11.3 Å². The Morgan fingerprint density at radius 3 is 2.71 bits per heavy atom. The summed E-state index contributed by atoms with van der Waals surface area (Å²) in [6.45, 7) is 7.79. The topological polar surface area (TPSA) is 67.2 Å². The van der Waals surface area contributed by atoms with Crippen molar-refractivity contribution >= 4 is 17.0 Å². The van der Waals surface area contributed by atoms with Crippen LogP contribution < -0.4 is 10.6 Å². The molecule has 0 aliphatic carbocycles. The van der Waals surface area contributed by atoms with E-state index in [9.17, 15) is 0 Å². The third kappa shape index (κ3) is 6.35. The molecule has 2 saturated heterocycles. The highest BCUT2D eigenvalue weighted by Crippen LogP contribution is 2.25. The van der Waals surface area contributed by atoms with Crippen molar-refractivity contribution in [2.24, 2.45) is 0 Å². The molecule has 38 heavy (non-hydrogen) atoms. The van der Waals surface area contributed by atoms with Gasteiger partial charge >= 0.3 is 0 Å². The molecule has 200 valence electrons. The van der Waals surface area contributed by atoms with Gasteiger partial charge in [0.1, 0.15) is 17.3 Å². The van der Waals surface area contributed by atoms with Crippen LogP contribution in [0.4, 0.5) is 14.7 Å². The van der Waals surface area contributed by atoms with Crippen LogP contribution >= 0.6 is 0 Å². The third-order valence-corrected chi connectivity index (χ3v) is 6.73. The first-order valence-corrected chi connectivity index (χ1v) is 13.1. The number of nitrogens with one attached hydrogen (secondary N) is 2. The Morgan fingerprint density at radius 2 is 2.00 bits per heavy atom. The second-order valence-electron chi connectivity index (χ2n) is 9.99. The number of rotatable bonds is 8. The first kappa shape index (κ1) is 26.2. The zero-order valence-electron chi connectivity index (χ0n) is 21.9. The summed E-state index contributed by atoms with van der Waals surface area (Å²) >= 11 is 0. The molecule has 2 N–H and O–H groups in total. The number of anilines is 1. The molecule has 7 nitrogen and oxygen atoms in total. The fraction of sp³-hybridized carbons (Fsp3) is 0.379. The molecule has 2 aromatic heterocycles. The lowest BCUT2D eigenvalue weighted by molar-refractivity contribution is 0.0332. The largest absolute Gasteiger partial charge is 0.379 e. The zero-order valence-corrected chi connectivity index (χ0v) is 21.9. The lowest BCUT2D eigenvalue weighted by Crippen LogP contribution is -2.36.